The maximum Gasteiger partial charge on any atom is 0.221 e. The van der Waals surface area contributed by atoms with E-state index < -0.39 is 0 Å². The van der Waals surface area contributed by atoms with Gasteiger partial charge in [0, 0.05) is 25.6 Å². The highest BCUT2D eigenvalue weighted by molar-refractivity contribution is 5.81. The number of ether oxygens (including phenoxy) is 1. The highest BCUT2D eigenvalue weighted by atomic mass is 16.5. The van der Waals surface area contributed by atoms with Crippen LogP contribution in [0.5, 0.6) is 5.75 Å². The maximum absolute atomic E-state index is 11.8. The number of amides is 1. The Balaban J connectivity index is 2.03. The second-order valence-electron chi connectivity index (χ2n) is 7.65. The van der Waals surface area contributed by atoms with Gasteiger partial charge in [-0.25, -0.2) is 0 Å². The fraction of sp³-hybridized carbons (Fsp3) is 0.636. The molecule has 0 spiro atoms. The molecule has 0 aromatic heterocycles. The van der Waals surface area contributed by atoms with E-state index >= 15 is 0 Å². The van der Waals surface area contributed by atoms with Crippen molar-refractivity contribution in [2.24, 2.45) is 4.99 Å². The molecular formula is C22H37N5O2. The van der Waals surface area contributed by atoms with Crippen LogP contribution < -0.4 is 20.7 Å². The molecule has 1 aliphatic heterocycles. The number of carbonyl (C=O) groups excluding carboxylic acids is 1. The first-order valence-corrected chi connectivity index (χ1v) is 10.7. The highest BCUT2D eigenvalue weighted by Crippen LogP contribution is 2.27. The van der Waals surface area contributed by atoms with Gasteiger partial charge < -0.3 is 20.7 Å². The summed E-state index contributed by atoms with van der Waals surface area (Å²) in [6.07, 6.45) is 2.88. The minimum atomic E-state index is 0.0506. The Morgan fingerprint density at radius 1 is 1.24 bits per heavy atom. The predicted octanol–water partition coefficient (Wildman–Crippen LogP) is 2.30. The number of rotatable bonds is 10. The van der Waals surface area contributed by atoms with Crippen molar-refractivity contribution >= 4 is 11.9 Å². The van der Waals surface area contributed by atoms with Crippen LogP contribution >= 0.6 is 0 Å². The van der Waals surface area contributed by atoms with Gasteiger partial charge in [0.05, 0.1) is 19.7 Å². The Kier molecular flexibility index (Phi) is 9.77. The van der Waals surface area contributed by atoms with E-state index in [0.29, 0.717) is 19.5 Å². The zero-order valence-electron chi connectivity index (χ0n) is 18.3. The molecule has 7 nitrogen and oxygen atoms in total. The van der Waals surface area contributed by atoms with E-state index in [9.17, 15) is 4.79 Å². The standard InChI is InChI=1S/C22H37N5O2/c1-5-23-22(24-12-11-21(28)26-17(2)3)25-16-20(27-13-6-7-14-27)18-9-8-10-19(15-18)29-4/h8-10,15,17,20H,5-7,11-14,16H2,1-4H3,(H,26,28)(H2,23,24,25). The molecule has 1 heterocycles. The van der Waals surface area contributed by atoms with Gasteiger partial charge in [-0.2, -0.15) is 0 Å². The van der Waals surface area contributed by atoms with Crippen LogP contribution in [-0.4, -0.2) is 62.6 Å². The molecule has 2 rings (SSSR count). The largest absolute Gasteiger partial charge is 0.497 e. The first-order chi connectivity index (χ1) is 14.0. The molecule has 3 N–H and O–H groups in total. The summed E-state index contributed by atoms with van der Waals surface area (Å²) >= 11 is 0. The van der Waals surface area contributed by atoms with Crippen LogP contribution in [0, 0.1) is 0 Å². The van der Waals surface area contributed by atoms with E-state index in [-0.39, 0.29) is 18.0 Å². The summed E-state index contributed by atoms with van der Waals surface area (Å²) in [7, 11) is 1.70. The summed E-state index contributed by atoms with van der Waals surface area (Å²) in [6, 6.07) is 8.65. The van der Waals surface area contributed by atoms with Crippen LogP contribution in [0.25, 0.3) is 0 Å². The zero-order valence-corrected chi connectivity index (χ0v) is 18.3. The Morgan fingerprint density at radius 2 is 2.00 bits per heavy atom. The number of guanidine groups is 1. The average Bonchev–Trinajstić information content (AvgIpc) is 3.22. The summed E-state index contributed by atoms with van der Waals surface area (Å²) in [6.45, 7) is 10.1. The molecule has 1 aromatic carbocycles. The average molecular weight is 404 g/mol. The highest BCUT2D eigenvalue weighted by Gasteiger charge is 2.23. The van der Waals surface area contributed by atoms with Crippen molar-refractivity contribution < 1.29 is 9.53 Å². The molecule has 1 saturated heterocycles. The molecule has 1 atom stereocenters. The van der Waals surface area contributed by atoms with Gasteiger partial charge in [-0.15, -0.1) is 0 Å². The Morgan fingerprint density at radius 3 is 2.66 bits per heavy atom. The maximum atomic E-state index is 11.8. The van der Waals surface area contributed by atoms with Gasteiger partial charge in [0.15, 0.2) is 5.96 Å². The number of nitrogens with zero attached hydrogens (tertiary/aromatic N) is 2. The van der Waals surface area contributed by atoms with Gasteiger partial charge in [-0.3, -0.25) is 14.7 Å². The van der Waals surface area contributed by atoms with Gasteiger partial charge in [-0.1, -0.05) is 12.1 Å². The molecular weight excluding hydrogens is 366 g/mol. The van der Waals surface area contributed by atoms with E-state index in [1.165, 1.54) is 18.4 Å². The van der Waals surface area contributed by atoms with Crippen LogP contribution in [0.3, 0.4) is 0 Å². The number of hydrogen-bond donors (Lipinski definition) is 3. The monoisotopic (exact) mass is 403 g/mol. The van der Waals surface area contributed by atoms with Crippen LogP contribution in [0.15, 0.2) is 29.3 Å². The van der Waals surface area contributed by atoms with Crippen molar-refractivity contribution in [3.8, 4) is 5.75 Å². The summed E-state index contributed by atoms with van der Waals surface area (Å²) < 4.78 is 5.42. The summed E-state index contributed by atoms with van der Waals surface area (Å²) in [5.74, 6) is 1.67. The van der Waals surface area contributed by atoms with Crippen LogP contribution in [0.4, 0.5) is 0 Å². The summed E-state index contributed by atoms with van der Waals surface area (Å²) in [5.41, 5.74) is 1.22. The first-order valence-electron chi connectivity index (χ1n) is 10.7. The molecule has 162 valence electrons. The molecule has 0 saturated carbocycles. The quantitative estimate of drug-likeness (QED) is 0.413. The number of benzene rings is 1. The molecule has 1 fully saturated rings. The van der Waals surface area contributed by atoms with Crippen LogP contribution in [0.2, 0.25) is 0 Å². The predicted molar refractivity (Wildman–Crippen MR) is 118 cm³/mol. The SMILES string of the molecule is CCNC(=NCC(c1cccc(OC)c1)N1CCCC1)NCCC(=O)NC(C)C. The first kappa shape index (κ1) is 23.0. The molecule has 29 heavy (non-hydrogen) atoms. The van der Waals surface area contributed by atoms with Crippen molar-refractivity contribution in [2.45, 2.75) is 52.1 Å². The van der Waals surface area contributed by atoms with E-state index in [0.717, 1.165) is 31.3 Å². The van der Waals surface area contributed by atoms with E-state index in [2.05, 4.69) is 33.0 Å². The molecule has 0 radical (unpaired) electrons. The Hall–Kier alpha value is -2.28. The lowest BCUT2D eigenvalue weighted by Crippen LogP contribution is -2.40. The second kappa shape index (κ2) is 12.3. The third-order valence-corrected chi connectivity index (χ3v) is 4.92. The lowest BCUT2D eigenvalue weighted by molar-refractivity contribution is -0.121. The third-order valence-electron chi connectivity index (χ3n) is 4.92. The smallest absolute Gasteiger partial charge is 0.221 e. The van der Waals surface area contributed by atoms with E-state index in [1.54, 1.807) is 7.11 Å². The number of carbonyl (C=O) groups is 1. The third kappa shape index (κ3) is 7.93. The van der Waals surface area contributed by atoms with Gasteiger partial charge in [0.1, 0.15) is 5.75 Å². The minimum Gasteiger partial charge on any atom is -0.497 e. The number of hydrogen-bond acceptors (Lipinski definition) is 4. The Labute approximate surface area is 175 Å². The van der Waals surface area contributed by atoms with Gasteiger partial charge in [0.2, 0.25) is 5.91 Å². The molecule has 0 aliphatic carbocycles. The lowest BCUT2D eigenvalue weighted by atomic mass is 10.1. The van der Waals surface area contributed by atoms with Crippen molar-refractivity contribution in [3.63, 3.8) is 0 Å². The van der Waals surface area contributed by atoms with E-state index in [4.69, 9.17) is 9.73 Å². The number of aliphatic imine (C=N–C) groups is 1. The Bertz CT molecular complexity index is 656. The number of methoxy groups -OCH3 is 1. The molecule has 1 unspecified atom stereocenters. The number of nitrogens with one attached hydrogen (secondary N) is 3. The van der Waals surface area contributed by atoms with Crippen LogP contribution in [-0.2, 0) is 4.79 Å². The van der Waals surface area contributed by atoms with Crippen molar-refractivity contribution in [3.05, 3.63) is 29.8 Å². The fourth-order valence-electron chi connectivity index (χ4n) is 3.54. The summed E-state index contributed by atoms with van der Waals surface area (Å²) in [5, 5.41) is 9.47. The molecule has 1 amide bonds. The normalized spacial score (nSPS) is 16.0. The minimum absolute atomic E-state index is 0.0506. The van der Waals surface area contributed by atoms with E-state index in [1.807, 2.05) is 32.9 Å². The van der Waals surface area contributed by atoms with Crippen LogP contribution in [0.1, 0.15) is 51.6 Å². The van der Waals surface area contributed by atoms with Gasteiger partial charge in [-0.05, 0) is 64.4 Å². The zero-order chi connectivity index (χ0) is 21.1. The van der Waals surface area contributed by atoms with Gasteiger partial charge >= 0.3 is 0 Å². The van der Waals surface area contributed by atoms with Crippen molar-refractivity contribution in [1.29, 1.82) is 0 Å². The second-order valence-corrected chi connectivity index (χ2v) is 7.65. The van der Waals surface area contributed by atoms with Crippen molar-refractivity contribution in [2.75, 3.05) is 39.8 Å². The lowest BCUT2D eigenvalue weighted by Gasteiger charge is -2.27. The topological polar surface area (TPSA) is 78.0 Å². The fourth-order valence-corrected chi connectivity index (χ4v) is 3.54. The molecule has 1 aromatic rings. The summed E-state index contributed by atoms with van der Waals surface area (Å²) in [4.78, 5) is 19.2. The number of likely N-dealkylation sites (tertiary alicyclic amines) is 1. The molecule has 0 bridgehead atoms. The molecule has 1 aliphatic rings. The van der Waals surface area contributed by atoms with Gasteiger partial charge in [0.25, 0.3) is 0 Å². The molecule has 7 heteroatoms. The van der Waals surface area contributed by atoms with Crippen molar-refractivity contribution in [1.82, 2.24) is 20.9 Å².